The zero-order valence-corrected chi connectivity index (χ0v) is 9.35. The van der Waals surface area contributed by atoms with E-state index in [-0.39, 0.29) is 17.9 Å². The lowest BCUT2D eigenvalue weighted by molar-refractivity contribution is 0.0691. The molecule has 0 aliphatic carbocycles. The van der Waals surface area contributed by atoms with Gasteiger partial charge in [-0.05, 0) is 12.1 Å². The third kappa shape index (κ3) is 2.57. The van der Waals surface area contributed by atoms with Crippen LogP contribution in [0.4, 0.5) is 0 Å². The summed E-state index contributed by atoms with van der Waals surface area (Å²) in [6.45, 7) is -0.0363. The van der Waals surface area contributed by atoms with Crippen LogP contribution in [0.15, 0.2) is 35.0 Å². The molecule has 0 spiro atoms. The van der Waals surface area contributed by atoms with E-state index in [0.717, 1.165) is 6.20 Å². The molecule has 2 aromatic rings. The maximum absolute atomic E-state index is 10.8. The van der Waals surface area contributed by atoms with Gasteiger partial charge in [-0.1, -0.05) is 28.9 Å². The van der Waals surface area contributed by atoms with Gasteiger partial charge in [0.15, 0.2) is 5.76 Å². The highest BCUT2D eigenvalue weighted by Gasteiger charge is 2.15. The Labute approximate surface area is 102 Å². The van der Waals surface area contributed by atoms with E-state index in [1.165, 1.54) is 0 Å². The number of carboxylic acids is 1. The molecule has 0 unspecified atom stereocenters. The number of benzene rings is 1. The Kier molecular flexibility index (Phi) is 3.30. The van der Waals surface area contributed by atoms with E-state index in [2.05, 4.69) is 5.16 Å². The zero-order chi connectivity index (χ0) is 12.3. The number of para-hydroxylation sites is 1. The molecular weight excluding hydrogens is 246 g/mol. The zero-order valence-electron chi connectivity index (χ0n) is 8.59. The van der Waals surface area contributed by atoms with Crippen molar-refractivity contribution in [3.8, 4) is 5.75 Å². The SMILES string of the molecule is O=C(O)c1cnoc1COc1ccccc1Cl. The summed E-state index contributed by atoms with van der Waals surface area (Å²) >= 11 is 5.88. The van der Waals surface area contributed by atoms with Crippen molar-refractivity contribution in [3.63, 3.8) is 0 Å². The molecule has 0 saturated heterocycles. The average molecular weight is 254 g/mol. The van der Waals surface area contributed by atoms with Crippen LogP contribution in [0.3, 0.4) is 0 Å². The van der Waals surface area contributed by atoms with Gasteiger partial charge in [-0.25, -0.2) is 4.79 Å². The molecule has 6 heteroatoms. The molecule has 0 bridgehead atoms. The highest BCUT2D eigenvalue weighted by molar-refractivity contribution is 6.32. The van der Waals surface area contributed by atoms with Crippen LogP contribution < -0.4 is 4.74 Å². The minimum absolute atomic E-state index is 0.0166. The lowest BCUT2D eigenvalue weighted by Crippen LogP contribution is -2.02. The van der Waals surface area contributed by atoms with Crippen molar-refractivity contribution in [1.82, 2.24) is 5.16 Å². The van der Waals surface area contributed by atoms with Gasteiger partial charge in [0.05, 0.1) is 11.2 Å². The number of carbonyl (C=O) groups is 1. The number of halogens is 1. The Morgan fingerprint density at radius 2 is 2.24 bits per heavy atom. The van der Waals surface area contributed by atoms with Gasteiger partial charge in [0.2, 0.25) is 0 Å². The molecular formula is C11H8ClNO4. The molecule has 1 N–H and O–H groups in total. The topological polar surface area (TPSA) is 72.6 Å². The summed E-state index contributed by atoms with van der Waals surface area (Å²) in [5, 5.41) is 12.7. The Bertz CT molecular complexity index is 538. The molecule has 88 valence electrons. The van der Waals surface area contributed by atoms with Crippen LogP contribution in [-0.2, 0) is 6.61 Å². The van der Waals surface area contributed by atoms with Crippen molar-refractivity contribution < 1.29 is 19.2 Å². The first-order valence-electron chi connectivity index (χ1n) is 4.72. The first kappa shape index (κ1) is 11.5. The predicted molar refractivity (Wildman–Crippen MR) is 59.2 cm³/mol. The molecule has 0 saturated carbocycles. The summed E-state index contributed by atoms with van der Waals surface area (Å²) in [5.74, 6) is -0.497. The lowest BCUT2D eigenvalue weighted by atomic mass is 10.3. The summed E-state index contributed by atoms with van der Waals surface area (Å²) in [5.41, 5.74) is -0.0166. The van der Waals surface area contributed by atoms with E-state index in [1.54, 1.807) is 24.3 Å². The fourth-order valence-corrected chi connectivity index (χ4v) is 1.44. The number of aromatic carboxylic acids is 1. The minimum atomic E-state index is -1.11. The summed E-state index contributed by atoms with van der Waals surface area (Å²) in [6, 6.07) is 6.89. The Morgan fingerprint density at radius 3 is 2.94 bits per heavy atom. The van der Waals surface area contributed by atoms with Gasteiger partial charge < -0.3 is 14.4 Å². The highest BCUT2D eigenvalue weighted by atomic mass is 35.5. The fraction of sp³-hybridized carbons (Fsp3) is 0.0909. The predicted octanol–water partition coefficient (Wildman–Crippen LogP) is 2.61. The van der Waals surface area contributed by atoms with Gasteiger partial charge in [0.1, 0.15) is 17.9 Å². The molecule has 0 aliphatic rings. The Hall–Kier alpha value is -2.01. The number of nitrogens with zero attached hydrogens (tertiary/aromatic N) is 1. The monoisotopic (exact) mass is 253 g/mol. The van der Waals surface area contributed by atoms with Gasteiger partial charge in [0, 0.05) is 0 Å². The number of hydrogen-bond donors (Lipinski definition) is 1. The van der Waals surface area contributed by atoms with E-state index in [1.807, 2.05) is 0 Å². The number of hydrogen-bond acceptors (Lipinski definition) is 4. The quantitative estimate of drug-likeness (QED) is 0.907. The maximum Gasteiger partial charge on any atom is 0.341 e. The van der Waals surface area contributed by atoms with Crippen molar-refractivity contribution in [2.75, 3.05) is 0 Å². The van der Waals surface area contributed by atoms with Crippen LogP contribution in [-0.4, -0.2) is 16.2 Å². The van der Waals surface area contributed by atoms with Gasteiger partial charge in [-0.3, -0.25) is 0 Å². The standard InChI is InChI=1S/C11H8ClNO4/c12-8-3-1-2-4-9(8)16-6-10-7(11(14)15)5-13-17-10/h1-5H,6H2,(H,14,15). The fourth-order valence-electron chi connectivity index (χ4n) is 1.25. The third-order valence-corrected chi connectivity index (χ3v) is 2.38. The number of carboxylic acid groups (broad SMARTS) is 1. The molecule has 17 heavy (non-hydrogen) atoms. The van der Waals surface area contributed by atoms with E-state index >= 15 is 0 Å². The molecule has 5 nitrogen and oxygen atoms in total. The van der Waals surface area contributed by atoms with Gasteiger partial charge in [0.25, 0.3) is 0 Å². The van der Waals surface area contributed by atoms with Gasteiger partial charge in [-0.2, -0.15) is 0 Å². The van der Waals surface area contributed by atoms with Crippen molar-refractivity contribution in [3.05, 3.63) is 46.8 Å². The second-order valence-electron chi connectivity index (χ2n) is 3.19. The van der Waals surface area contributed by atoms with Crippen LogP contribution in [0, 0.1) is 0 Å². The molecule has 1 aromatic carbocycles. The van der Waals surface area contributed by atoms with Crippen LogP contribution in [0.1, 0.15) is 16.1 Å². The Morgan fingerprint density at radius 1 is 1.47 bits per heavy atom. The minimum Gasteiger partial charge on any atom is -0.484 e. The first-order chi connectivity index (χ1) is 8.18. The average Bonchev–Trinajstić information content (AvgIpc) is 2.76. The van der Waals surface area contributed by atoms with Crippen LogP contribution in [0.5, 0.6) is 5.75 Å². The van der Waals surface area contributed by atoms with Crippen molar-refractivity contribution in [2.24, 2.45) is 0 Å². The molecule has 1 heterocycles. The lowest BCUT2D eigenvalue weighted by Gasteiger charge is -2.05. The second-order valence-corrected chi connectivity index (χ2v) is 3.59. The molecule has 0 amide bonds. The number of ether oxygens (including phenoxy) is 1. The Balaban J connectivity index is 2.10. The second kappa shape index (κ2) is 4.88. The number of aromatic nitrogens is 1. The summed E-state index contributed by atoms with van der Waals surface area (Å²) in [6.07, 6.45) is 1.13. The van der Waals surface area contributed by atoms with Crippen LogP contribution in [0.25, 0.3) is 0 Å². The largest absolute Gasteiger partial charge is 0.484 e. The van der Waals surface area contributed by atoms with E-state index < -0.39 is 5.97 Å². The summed E-state index contributed by atoms with van der Waals surface area (Å²) < 4.78 is 10.1. The van der Waals surface area contributed by atoms with Crippen molar-refractivity contribution in [1.29, 1.82) is 0 Å². The van der Waals surface area contributed by atoms with Gasteiger partial charge in [-0.15, -0.1) is 0 Å². The van der Waals surface area contributed by atoms with E-state index in [9.17, 15) is 4.79 Å². The molecule has 0 radical (unpaired) electrons. The maximum atomic E-state index is 10.8. The van der Waals surface area contributed by atoms with Crippen LogP contribution >= 0.6 is 11.6 Å². The molecule has 1 aromatic heterocycles. The summed E-state index contributed by atoms with van der Waals surface area (Å²) in [7, 11) is 0. The molecule has 0 atom stereocenters. The smallest absolute Gasteiger partial charge is 0.341 e. The molecule has 0 fully saturated rings. The highest BCUT2D eigenvalue weighted by Crippen LogP contribution is 2.24. The van der Waals surface area contributed by atoms with Crippen molar-refractivity contribution in [2.45, 2.75) is 6.61 Å². The number of rotatable bonds is 4. The normalized spacial score (nSPS) is 10.2. The first-order valence-corrected chi connectivity index (χ1v) is 5.10. The van der Waals surface area contributed by atoms with Gasteiger partial charge >= 0.3 is 5.97 Å². The molecule has 0 aliphatic heterocycles. The van der Waals surface area contributed by atoms with E-state index in [4.69, 9.17) is 26.0 Å². The summed E-state index contributed by atoms with van der Waals surface area (Å²) in [4.78, 5) is 10.8. The third-order valence-electron chi connectivity index (χ3n) is 2.07. The molecule has 2 rings (SSSR count). The van der Waals surface area contributed by atoms with Crippen LogP contribution in [0.2, 0.25) is 5.02 Å². The van der Waals surface area contributed by atoms with Crippen molar-refractivity contribution >= 4 is 17.6 Å². The van der Waals surface area contributed by atoms with E-state index in [0.29, 0.717) is 10.8 Å².